The van der Waals surface area contributed by atoms with E-state index in [-0.39, 0.29) is 11.7 Å². The number of fused-ring (bicyclic) bond motifs is 1. The van der Waals surface area contributed by atoms with Crippen LogP contribution in [0.3, 0.4) is 0 Å². The van der Waals surface area contributed by atoms with Crippen molar-refractivity contribution in [1.82, 2.24) is 9.55 Å². The maximum Gasteiger partial charge on any atom is 0.175 e. The van der Waals surface area contributed by atoms with Crippen molar-refractivity contribution in [1.29, 1.82) is 0 Å². The molecule has 126 valence electrons. The number of hydrogen-bond acceptors (Lipinski definition) is 4. The molecule has 1 atom stereocenters. The zero-order chi connectivity index (χ0) is 17.1. The van der Waals surface area contributed by atoms with E-state index in [0.29, 0.717) is 36.8 Å². The van der Waals surface area contributed by atoms with Gasteiger partial charge in [-0.2, -0.15) is 0 Å². The van der Waals surface area contributed by atoms with E-state index >= 15 is 0 Å². The van der Waals surface area contributed by atoms with E-state index in [4.69, 9.17) is 9.47 Å². The minimum atomic E-state index is -0.217. The zero-order valence-corrected chi connectivity index (χ0v) is 13.7. The van der Waals surface area contributed by atoms with Crippen LogP contribution in [0.25, 0.3) is 0 Å². The maximum atomic E-state index is 12.8. The molecular formula is C20H18N2O3. The Bertz CT molecular complexity index is 860. The lowest BCUT2D eigenvalue weighted by atomic mass is 9.95. The molecule has 0 fully saturated rings. The van der Waals surface area contributed by atoms with Gasteiger partial charge in [0.2, 0.25) is 0 Å². The Morgan fingerprint density at radius 3 is 2.88 bits per heavy atom. The van der Waals surface area contributed by atoms with Crippen molar-refractivity contribution in [3.8, 4) is 11.5 Å². The van der Waals surface area contributed by atoms with Crippen molar-refractivity contribution in [3.63, 3.8) is 0 Å². The molecule has 25 heavy (non-hydrogen) atoms. The molecule has 3 aromatic rings. The molecule has 0 spiro atoms. The molecule has 0 radical (unpaired) electrons. The second-order valence-electron chi connectivity index (χ2n) is 6.06. The lowest BCUT2D eigenvalue weighted by Gasteiger charge is -2.24. The highest BCUT2D eigenvalue weighted by Gasteiger charge is 2.29. The third-order valence-corrected chi connectivity index (χ3v) is 4.27. The molecule has 0 saturated heterocycles. The van der Waals surface area contributed by atoms with Crippen molar-refractivity contribution in [2.75, 3.05) is 6.61 Å². The largest absolute Gasteiger partial charge is 0.492 e. The van der Waals surface area contributed by atoms with Gasteiger partial charge in [-0.15, -0.1) is 0 Å². The Morgan fingerprint density at radius 1 is 1.20 bits per heavy atom. The van der Waals surface area contributed by atoms with E-state index in [1.807, 2.05) is 47.2 Å². The SMILES string of the molecule is O=C1c2cc(OCc3ccccc3)ccc2OCC1Cn1ccnc1. The number of imidazole rings is 1. The Hall–Kier alpha value is -3.08. The molecule has 4 rings (SSSR count). The average Bonchev–Trinajstić information content (AvgIpc) is 3.16. The highest BCUT2D eigenvalue weighted by molar-refractivity contribution is 6.01. The molecule has 0 aliphatic carbocycles. The van der Waals surface area contributed by atoms with Gasteiger partial charge >= 0.3 is 0 Å². The number of rotatable bonds is 5. The number of Topliss-reactive ketones (excluding diaryl/α,β-unsaturated/α-hetero) is 1. The van der Waals surface area contributed by atoms with E-state index in [1.54, 1.807) is 24.7 Å². The molecule has 1 unspecified atom stereocenters. The van der Waals surface area contributed by atoms with Crippen LogP contribution in [0.1, 0.15) is 15.9 Å². The summed E-state index contributed by atoms with van der Waals surface area (Å²) in [5.74, 6) is 1.16. The van der Waals surface area contributed by atoms with Gasteiger partial charge in [-0.1, -0.05) is 30.3 Å². The Balaban J connectivity index is 1.49. The monoisotopic (exact) mass is 334 g/mol. The minimum Gasteiger partial charge on any atom is -0.492 e. The lowest BCUT2D eigenvalue weighted by molar-refractivity contribution is 0.0809. The third-order valence-electron chi connectivity index (χ3n) is 4.27. The quantitative estimate of drug-likeness (QED) is 0.718. The van der Waals surface area contributed by atoms with Gasteiger partial charge in [0.1, 0.15) is 24.7 Å². The molecular weight excluding hydrogens is 316 g/mol. The number of ether oxygens (including phenoxy) is 2. The standard InChI is InChI=1S/C20H18N2O3/c23-20-16(11-22-9-8-21-14-22)13-25-19-7-6-17(10-18(19)20)24-12-15-4-2-1-3-5-15/h1-10,14,16H,11-13H2. The zero-order valence-electron chi connectivity index (χ0n) is 13.7. The van der Waals surface area contributed by atoms with Crippen LogP contribution in [0, 0.1) is 5.92 Å². The fourth-order valence-electron chi connectivity index (χ4n) is 2.93. The van der Waals surface area contributed by atoms with Crippen LogP contribution in [-0.4, -0.2) is 21.9 Å². The Morgan fingerprint density at radius 2 is 2.08 bits per heavy atom. The molecule has 0 bridgehead atoms. The molecule has 5 nitrogen and oxygen atoms in total. The molecule has 1 aliphatic rings. The summed E-state index contributed by atoms with van der Waals surface area (Å²) < 4.78 is 13.5. The molecule has 5 heteroatoms. The van der Waals surface area contributed by atoms with E-state index in [1.165, 1.54) is 0 Å². The molecule has 2 heterocycles. The van der Waals surface area contributed by atoms with Gasteiger partial charge in [0, 0.05) is 18.9 Å². The molecule has 0 amide bonds. The first-order chi connectivity index (χ1) is 12.3. The van der Waals surface area contributed by atoms with Crippen LogP contribution in [0.2, 0.25) is 0 Å². The number of hydrogen-bond donors (Lipinski definition) is 0. The second-order valence-corrected chi connectivity index (χ2v) is 6.06. The molecule has 1 aliphatic heterocycles. The molecule has 0 N–H and O–H groups in total. The van der Waals surface area contributed by atoms with E-state index < -0.39 is 0 Å². The highest BCUT2D eigenvalue weighted by atomic mass is 16.5. The van der Waals surface area contributed by atoms with E-state index in [9.17, 15) is 4.79 Å². The van der Waals surface area contributed by atoms with Gasteiger partial charge in [-0.3, -0.25) is 4.79 Å². The van der Waals surface area contributed by atoms with Gasteiger partial charge in [0.05, 0.1) is 17.8 Å². The number of carbonyl (C=O) groups excluding carboxylic acids is 1. The van der Waals surface area contributed by atoms with Crippen LogP contribution in [0.4, 0.5) is 0 Å². The van der Waals surface area contributed by atoms with Crippen molar-refractivity contribution < 1.29 is 14.3 Å². The maximum absolute atomic E-state index is 12.8. The van der Waals surface area contributed by atoms with Gasteiger partial charge in [0.25, 0.3) is 0 Å². The first-order valence-electron chi connectivity index (χ1n) is 8.23. The summed E-state index contributed by atoms with van der Waals surface area (Å²) in [5.41, 5.74) is 1.67. The van der Waals surface area contributed by atoms with Gasteiger partial charge < -0.3 is 14.0 Å². The van der Waals surface area contributed by atoms with Gasteiger partial charge in [0.15, 0.2) is 5.78 Å². The Kier molecular flexibility index (Phi) is 4.21. The van der Waals surface area contributed by atoms with Crippen LogP contribution in [-0.2, 0) is 13.2 Å². The topological polar surface area (TPSA) is 53.4 Å². The lowest BCUT2D eigenvalue weighted by Crippen LogP contribution is -2.31. The van der Waals surface area contributed by atoms with Gasteiger partial charge in [-0.05, 0) is 23.8 Å². The summed E-state index contributed by atoms with van der Waals surface area (Å²) >= 11 is 0. The fraction of sp³-hybridized carbons (Fsp3) is 0.200. The second kappa shape index (κ2) is 6.81. The van der Waals surface area contributed by atoms with Crippen molar-refractivity contribution >= 4 is 5.78 Å². The average molecular weight is 334 g/mol. The summed E-state index contributed by atoms with van der Waals surface area (Å²) in [5, 5.41) is 0. The number of nitrogens with zero attached hydrogens (tertiary/aromatic N) is 2. The molecule has 0 saturated carbocycles. The van der Waals surface area contributed by atoms with Crippen LogP contribution < -0.4 is 9.47 Å². The first kappa shape index (κ1) is 15.4. The summed E-state index contributed by atoms with van der Waals surface area (Å²) in [6.45, 7) is 1.41. The van der Waals surface area contributed by atoms with Crippen molar-refractivity contribution in [2.45, 2.75) is 13.2 Å². The van der Waals surface area contributed by atoms with Gasteiger partial charge in [-0.25, -0.2) is 4.98 Å². The van der Waals surface area contributed by atoms with Crippen molar-refractivity contribution in [3.05, 3.63) is 78.4 Å². The van der Waals surface area contributed by atoms with Crippen LogP contribution in [0.5, 0.6) is 11.5 Å². The summed E-state index contributed by atoms with van der Waals surface area (Å²) in [6, 6.07) is 15.4. The number of aromatic nitrogens is 2. The smallest absolute Gasteiger partial charge is 0.175 e. The van der Waals surface area contributed by atoms with Crippen LogP contribution >= 0.6 is 0 Å². The predicted octanol–water partition coefficient (Wildman–Crippen LogP) is 3.35. The van der Waals surface area contributed by atoms with Crippen LogP contribution in [0.15, 0.2) is 67.3 Å². The number of carbonyl (C=O) groups is 1. The highest BCUT2D eigenvalue weighted by Crippen LogP contribution is 2.31. The third kappa shape index (κ3) is 3.40. The number of benzene rings is 2. The summed E-state index contributed by atoms with van der Waals surface area (Å²) in [6.07, 6.45) is 5.27. The molecule has 1 aromatic heterocycles. The van der Waals surface area contributed by atoms with Crippen molar-refractivity contribution in [2.24, 2.45) is 5.92 Å². The first-order valence-corrected chi connectivity index (χ1v) is 8.23. The minimum absolute atomic E-state index is 0.0834. The predicted molar refractivity (Wildman–Crippen MR) is 92.8 cm³/mol. The summed E-state index contributed by atoms with van der Waals surface area (Å²) in [4.78, 5) is 16.8. The number of ketones is 1. The molecule has 2 aromatic carbocycles. The Labute approximate surface area is 145 Å². The van der Waals surface area contributed by atoms with E-state index in [2.05, 4.69) is 4.98 Å². The fourth-order valence-corrected chi connectivity index (χ4v) is 2.93. The normalized spacial score (nSPS) is 16.2. The van der Waals surface area contributed by atoms with E-state index in [0.717, 1.165) is 5.56 Å². The summed E-state index contributed by atoms with van der Waals surface area (Å²) in [7, 11) is 0.